The van der Waals surface area contributed by atoms with Gasteiger partial charge in [-0.25, -0.2) is 9.98 Å². The summed E-state index contributed by atoms with van der Waals surface area (Å²) >= 11 is 1.67. The molecule has 1 fully saturated rings. The normalized spacial score (nSPS) is 17.7. The third kappa shape index (κ3) is 6.92. The minimum absolute atomic E-state index is 0.512. The van der Waals surface area contributed by atoms with E-state index in [1.165, 1.54) is 11.3 Å². The highest BCUT2D eigenvalue weighted by Gasteiger charge is 2.22. The molecule has 1 aliphatic rings. The summed E-state index contributed by atoms with van der Waals surface area (Å²) in [6.45, 7) is 14.9. The van der Waals surface area contributed by atoms with Crippen LogP contribution in [0.25, 0.3) is 0 Å². The molecule has 0 aromatic carbocycles. The van der Waals surface area contributed by atoms with Crippen LogP contribution in [0.4, 0.5) is 0 Å². The first-order valence-corrected chi connectivity index (χ1v) is 10.2. The van der Waals surface area contributed by atoms with Crippen LogP contribution in [0.2, 0.25) is 0 Å². The van der Waals surface area contributed by atoms with E-state index in [9.17, 15) is 0 Å². The van der Waals surface area contributed by atoms with Crippen molar-refractivity contribution in [3.63, 3.8) is 0 Å². The van der Waals surface area contributed by atoms with Crippen molar-refractivity contribution in [1.82, 2.24) is 20.5 Å². The molecule has 7 heteroatoms. The number of guanidine groups is 1. The first kappa shape index (κ1) is 20.1. The zero-order valence-electron chi connectivity index (χ0n) is 16.0. The Balaban J connectivity index is 1.94. The van der Waals surface area contributed by atoms with Crippen LogP contribution in [-0.2, 0) is 11.3 Å². The van der Waals surface area contributed by atoms with Crippen LogP contribution in [0.1, 0.15) is 37.8 Å². The average molecular weight is 368 g/mol. The summed E-state index contributed by atoms with van der Waals surface area (Å²) in [5.74, 6) is 1.56. The third-order valence-corrected chi connectivity index (χ3v) is 5.30. The van der Waals surface area contributed by atoms with Gasteiger partial charge in [-0.3, -0.25) is 4.90 Å². The highest BCUT2D eigenvalue weighted by molar-refractivity contribution is 7.09. The van der Waals surface area contributed by atoms with E-state index in [2.05, 4.69) is 41.3 Å². The zero-order chi connectivity index (χ0) is 18.1. The Hall–Kier alpha value is -1.18. The van der Waals surface area contributed by atoms with Crippen LogP contribution >= 0.6 is 11.3 Å². The number of ether oxygens (including phenoxy) is 1. The molecule has 25 heavy (non-hydrogen) atoms. The molecular formula is C18H33N5OS. The van der Waals surface area contributed by atoms with Gasteiger partial charge in [0.2, 0.25) is 0 Å². The molecule has 1 atom stereocenters. The smallest absolute Gasteiger partial charge is 0.191 e. The van der Waals surface area contributed by atoms with E-state index in [1.807, 2.05) is 12.4 Å². The summed E-state index contributed by atoms with van der Waals surface area (Å²) < 4.78 is 5.51. The Morgan fingerprint density at radius 3 is 2.72 bits per heavy atom. The Morgan fingerprint density at radius 1 is 1.36 bits per heavy atom. The molecule has 1 aromatic heterocycles. The number of hydrogen-bond acceptors (Lipinski definition) is 5. The summed E-state index contributed by atoms with van der Waals surface area (Å²) in [6.07, 6.45) is 1.18. The number of nitrogens with one attached hydrogen (secondary N) is 2. The maximum absolute atomic E-state index is 5.51. The first-order chi connectivity index (χ1) is 12.1. The van der Waals surface area contributed by atoms with Crippen molar-refractivity contribution in [3.05, 3.63) is 16.1 Å². The Bertz CT molecular complexity index is 525. The van der Waals surface area contributed by atoms with E-state index in [0.29, 0.717) is 18.5 Å². The molecule has 0 amide bonds. The number of aliphatic imine (C=N–C) groups is 1. The summed E-state index contributed by atoms with van der Waals surface area (Å²) in [7, 11) is 0. The minimum atomic E-state index is 0.512. The van der Waals surface area contributed by atoms with E-state index < -0.39 is 0 Å². The molecule has 0 radical (unpaired) electrons. The standard InChI is InChI=1S/C18H33N5OS/c1-5-19-18(21-12-17-15(4)22-13-25-17)20-11-16(10-14(2)3)23-6-8-24-9-7-23/h13-14,16H,5-12H2,1-4H3,(H2,19,20,21). The summed E-state index contributed by atoms with van der Waals surface area (Å²) in [5.41, 5.74) is 2.97. The number of morpholine rings is 1. The van der Waals surface area contributed by atoms with Gasteiger partial charge in [0.1, 0.15) is 0 Å². The van der Waals surface area contributed by atoms with Gasteiger partial charge in [-0.05, 0) is 26.2 Å². The van der Waals surface area contributed by atoms with Crippen molar-refractivity contribution in [2.24, 2.45) is 10.9 Å². The Morgan fingerprint density at radius 2 is 2.12 bits per heavy atom. The monoisotopic (exact) mass is 367 g/mol. The molecule has 6 nitrogen and oxygen atoms in total. The number of hydrogen-bond donors (Lipinski definition) is 2. The lowest BCUT2D eigenvalue weighted by Crippen LogP contribution is -2.51. The quantitative estimate of drug-likeness (QED) is 0.545. The lowest BCUT2D eigenvalue weighted by atomic mass is 10.0. The van der Waals surface area contributed by atoms with Crippen LogP contribution in [0.15, 0.2) is 10.5 Å². The topological polar surface area (TPSA) is 61.8 Å². The molecule has 142 valence electrons. The van der Waals surface area contributed by atoms with Gasteiger partial charge in [0, 0.05) is 37.1 Å². The molecule has 0 bridgehead atoms. The van der Waals surface area contributed by atoms with Crippen LogP contribution in [0, 0.1) is 12.8 Å². The second-order valence-corrected chi connectivity index (χ2v) is 7.81. The highest BCUT2D eigenvalue weighted by Crippen LogP contribution is 2.14. The van der Waals surface area contributed by atoms with E-state index in [-0.39, 0.29) is 0 Å². The lowest BCUT2D eigenvalue weighted by molar-refractivity contribution is 0.0132. The van der Waals surface area contributed by atoms with Gasteiger partial charge in [0.15, 0.2) is 5.96 Å². The van der Waals surface area contributed by atoms with Gasteiger partial charge in [-0.1, -0.05) is 13.8 Å². The number of aromatic nitrogens is 1. The molecule has 2 rings (SSSR count). The van der Waals surface area contributed by atoms with Crippen LogP contribution in [0.3, 0.4) is 0 Å². The van der Waals surface area contributed by atoms with Crippen LogP contribution in [0.5, 0.6) is 0 Å². The molecule has 1 saturated heterocycles. The fourth-order valence-electron chi connectivity index (χ4n) is 3.03. The molecule has 0 spiro atoms. The molecule has 2 N–H and O–H groups in total. The number of thiazole rings is 1. The summed E-state index contributed by atoms with van der Waals surface area (Å²) in [6, 6.07) is 0.512. The highest BCUT2D eigenvalue weighted by atomic mass is 32.1. The number of aryl methyl sites for hydroxylation is 1. The van der Waals surface area contributed by atoms with E-state index in [0.717, 1.165) is 51.0 Å². The fraction of sp³-hybridized carbons (Fsp3) is 0.778. The lowest BCUT2D eigenvalue weighted by Gasteiger charge is -2.35. The maximum atomic E-state index is 5.51. The molecule has 0 aliphatic carbocycles. The molecule has 1 aliphatic heterocycles. The second kappa shape index (κ2) is 10.7. The maximum Gasteiger partial charge on any atom is 0.191 e. The first-order valence-electron chi connectivity index (χ1n) is 9.33. The van der Waals surface area contributed by atoms with Gasteiger partial charge < -0.3 is 15.4 Å². The van der Waals surface area contributed by atoms with Gasteiger partial charge in [0.05, 0.1) is 31.0 Å². The zero-order valence-corrected chi connectivity index (χ0v) is 16.9. The van der Waals surface area contributed by atoms with Crippen LogP contribution in [-0.4, -0.2) is 61.3 Å². The number of rotatable bonds is 8. The van der Waals surface area contributed by atoms with Gasteiger partial charge >= 0.3 is 0 Å². The summed E-state index contributed by atoms with van der Waals surface area (Å²) in [4.78, 5) is 12.8. The second-order valence-electron chi connectivity index (χ2n) is 6.87. The molecular weight excluding hydrogens is 334 g/mol. The predicted molar refractivity (Wildman–Crippen MR) is 105 cm³/mol. The van der Waals surface area contributed by atoms with E-state index in [1.54, 1.807) is 11.3 Å². The minimum Gasteiger partial charge on any atom is -0.379 e. The predicted octanol–water partition coefficient (Wildman–Crippen LogP) is 2.25. The van der Waals surface area contributed by atoms with Crippen molar-refractivity contribution in [3.8, 4) is 0 Å². The van der Waals surface area contributed by atoms with Crippen LogP contribution < -0.4 is 10.6 Å². The molecule has 2 heterocycles. The largest absolute Gasteiger partial charge is 0.379 e. The molecule has 0 saturated carbocycles. The van der Waals surface area contributed by atoms with Gasteiger partial charge in [0.25, 0.3) is 0 Å². The molecule has 1 aromatic rings. The Kier molecular flexibility index (Phi) is 8.64. The third-order valence-electron chi connectivity index (χ3n) is 4.38. The van der Waals surface area contributed by atoms with Crippen molar-refractivity contribution < 1.29 is 4.74 Å². The van der Waals surface area contributed by atoms with E-state index in [4.69, 9.17) is 9.73 Å². The van der Waals surface area contributed by atoms with Gasteiger partial charge in [-0.2, -0.15) is 0 Å². The van der Waals surface area contributed by atoms with Crippen molar-refractivity contribution in [2.75, 3.05) is 39.4 Å². The van der Waals surface area contributed by atoms with Crippen molar-refractivity contribution >= 4 is 17.3 Å². The SMILES string of the molecule is CCNC(=NCc1scnc1C)NCC(CC(C)C)N1CCOCC1. The average Bonchev–Trinajstić information content (AvgIpc) is 3.01. The molecule has 1 unspecified atom stereocenters. The Labute approximate surface area is 156 Å². The fourth-order valence-corrected chi connectivity index (χ4v) is 3.73. The van der Waals surface area contributed by atoms with E-state index >= 15 is 0 Å². The van der Waals surface area contributed by atoms with Gasteiger partial charge in [-0.15, -0.1) is 11.3 Å². The summed E-state index contributed by atoms with van der Waals surface area (Å²) in [5, 5.41) is 6.90. The number of nitrogens with zero attached hydrogens (tertiary/aromatic N) is 3. The van der Waals surface area contributed by atoms with Crippen molar-refractivity contribution in [2.45, 2.75) is 46.7 Å². The van der Waals surface area contributed by atoms with Crippen molar-refractivity contribution in [1.29, 1.82) is 0 Å².